The third-order valence-corrected chi connectivity index (χ3v) is 4.92. The number of nitrogens with zero attached hydrogens (tertiary/aromatic N) is 1. The molecule has 4 nitrogen and oxygen atoms in total. The second kappa shape index (κ2) is 6.78. The van der Waals surface area contributed by atoms with Crippen molar-refractivity contribution in [2.24, 2.45) is 10.8 Å². The molecule has 0 aliphatic heterocycles. The van der Waals surface area contributed by atoms with Crippen molar-refractivity contribution in [1.29, 1.82) is 0 Å². The molecule has 0 saturated heterocycles. The molecule has 5 heteroatoms. The van der Waals surface area contributed by atoms with E-state index in [0.717, 1.165) is 22.3 Å². The molecule has 132 valence electrons. The predicted molar refractivity (Wildman–Crippen MR) is 111 cm³/mol. The molecule has 0 fully saturated rings. The Bertz CT molecular complexity index is 1010. The van der Waals surface area contributed by atoms with Gasteiger partial charge in [-0.1, -0.05) is 84.9 Å². The van der Waals surface area contributed by atoms with Gasteiger partial charge in [0, 0.05) is 5.56 Å². The van der Waals surface area contributed by atoms with Gasteiger partial charge < -0.3 is 5.73 Å². The largest absolute Gasteiger partial charge is 0.375 e. The summed E-state index contributed by atoms with van der Waals surface area (Å²) in [6, 6.07) is 27.3. The van der Waals surface area contributed by atoms with Crippen molar-refractivity contribution in [3.8, 4) is 0 Å². The highest BCUT2D eigenvalue weighted by atomic mass is 32.1. The van der Waals surface area contributed by atoms with E-state index in [1.165, 1.54) is 0 Å². The highest BCUT2D eigenvalue weighted by Crippen LogP contribution is 2.46. The summed E-state index contributed by atoms with van der Waals surface area (Å²) in [5.74, 6) is -0.107. The lowest BCUT2D eigenvalue weighted by Crippen LogP contribution is -2.37. The third kappa shape index (κ3) is 2.64. The molecule has 0 saturated carbocycles. The molecule has 4 rings (SSSR count). The maximum absolute atomic E-state index is 13.8. The zero-order valence-corrected chi connectivity index (χ0v) is 15.2. The van der Waals surface area contributed by atoms with Gasteiger partial charge in [0.05, 0.1) is 0 Å². The molecule has 27 heavy (non-hydrogen) atoms. The Balaban J connectivity index is 2.07. The van der Waals surface area contributed by atoms with Gasteiger partial charge in [-0.25, -0.2) is 0 Å². The lowest BCUT2D eigenvalue weighted by molar-refractivity contribution is -0.115. The van der Waals surface area contributed by atoms with E-state index in [1.54, 1.807) is 0 Å². The average molecular weight is 371 g/mol. The van der Waals surface area contributed by atoms with Crippen molar-refractivity contribution >= 4 is 28.8 Å². The summed E-state index contributed by atoms with van der Waals surface area (Å²) in [6.45, 7) is 0. The number of carbonyl (C=O) groups is 1. The highest BCUT2D eigenvalue weighted by Gasteiger charge is 2.52. The molecule has 0 aromatic heterocycles. The molecule has 1 aliphatic rings. The zero-order valence-electron chi connectivity index (χ0n) is 14.4. The fourth-order valence-corrected chi connectivity index (χ4v) is 3.82. The number of hydrogen-bond acceptors (Lipinski definition) is 3. The van der Waals surface area contributed by atoms with Crippen LogP contribution in [0.15, 0.2) is 90.0 Å². The highest BCUT2D eigenvalue weighted by molar-refractivity contribution is 7.80. The number of Topliss-reactive ketones (excluding diaryl/α,β-unsaturated/α-hetero) is 1. The first-order valence-corrected chi connectivity index (χ1v) is 8.95. The number of fused-ring (bicyclic) bond motifs is 1. The van der Waals surface area contributed by atoms with E-state index in [2.05, 4.69) is 10.5 Å². The molecule has 0 amide bonds. The fourth-order valence-electron chi connectivity index (χ4n) is 3.78. The predicted octanol–water partition coefficient (Wildman–Crippen LogP) is 3.14. The van der Waals surface area contributed by atoms with Gasteiger partial charge in [0.2, 0.25) is 5.78 Å². The number of nitrogens with two attached hydrogens (primary N) is 1. The summed E-state index contributed by atoms with van der Waals surface area (Å²) in [4.78, 5) is 13.8. The molecule has 0 bridgehead atoms. The van der Waals surface area contributed by atoms with Crippen LogP contribution in [0.4, 0.5) is 0 Å². The molecule has 3 aromatic rings. The summed E-state index contributed by atoms with van der Waals surface area (Å²) in [7, 11) is 0. The van der Waals surface area contributed by atoms with Crippen molar-refractivity contribution in [3.05, 3.63) is 107 Å². The van der Waals surface area contributed by atoms with E-state index in [9.17, 15) is 4.79 Å². The third-order valence-electron chi connectivity index (χ3n) is 4.83. The Kier molecular flexibility index (Phi) is 4.30. The monoisotopic (exact) mass is 371 g/mol. The number of hydrogen-bond donors (Lipinski definition) is 2. The van der Waals surface area contributed by atoms with Gasteiger partial charge >= 0.3 is 0 Å². The van der Waals surface area contributed by atoms with E-state index in [0.29, 0.717) is 5.71 Å². The van der Waals surface area contributed by atoms with Crippen LogP contribution in [0.1, 0.15) is 22.3 Å². The second-order valence-electron chi connectivity index (χ2n) is 6.29. The van der Waals surface area contributed by atoms with Crippen LogP contribution < -0.4 is 11.2 Å². The molecule has 0 spiro atoms. The van der Waals surface area contributed by atoms with Gasteiger partial charge in [0.1, 0.15) is 11.1 Å². The van der Waals surface area contributed by atoms with Crippen LogP contribution in [0.3, 0.4) is 0 Å². The van der Waals surface area contributed by atoms with E-state index in [1.807, 2.05) is 84.9 Å². The normalized spacial score (nSPS) is 16.1. The van der Waals surface area contributed by atoms with Crippen molar-refractivity contribution in [2.45, 2.75) is 5.41 Å². The molecule has 1 aliphatic carbocycles. The second-order valence-corrected chi connectivity index (χ2v) is 6.73. The topological polar surface area (TPSA) is 67.5 Å². The number of nitrogens with one attached hydrogen (secondary N) is 1. The van der Waals surface area contributed by atoms with E-state index >= 15 is 0 Å². The minimum absolute atomic E-state index is 0.0182. The van der Waals surface area contributed by atoms with Gasteiger partial charge in [0.25, 0.3) is 0 Å². The Labute approximate surface area is 162 Å². The summed E-state index contributed by atoms with van der Waals surface area (Å²) < 4.78 is 0. The standard InChI is InChI=1S/C22H17N3OS/c23-21(27)25-24-19-17-13-7-8-14-18(17)22(20(19)26,15-9-3-1-4-10-15)16-11-5-2-6-12-16/h1-14H,(H3,23,25,27)/b24-19+. The van der Waals surface area contributed by atoms with Crippen LogP contribution in [-0.4, -0.2) is 16.6 Å². The quantitative estimate of drug-likeness (QED) is 0.548. The van der Waals surface area contributed by atoms with Gasteiger partial charge in [-0.2, -0.15) is 5.10 Å². The van der Waals surface area contributed by atoms with Gasteiger partial charge in [-0.15, -0.1) is 0 Å². The number of carbonyl (C=O) groups excluding carboxylic acids is 1. The summed E-state index contributed by atoms with van der Waals surface area (Å²) in [5, 5.41) is 4.26. The van der Waals surface area contributed by atoms with Crippen molar-refractivity contribution in [3.63, 3.8) is 0 Å². The molecule has 0 heterocycles. The first kappa shape index (κ1) is 17.1. The Hall–Kier alpha value is -3.31. The molecule has 0 unspecified atom stereocenters. The van der Waals surface area contributed by atoms with Crippen LogP contribution in [0.25, 0.3) is 0 Å². The van der Waals surface area contributed by atoms with E-state index in [-0.39, 0.29) is 10.9 Å². The van der Waals surface area contributed by atoms with Crippen molar-refractivity contribution < 1.29 is 4.79 Å². The van der Waals surface area contributed by atoms with Gasteiger partial charge in [-0.3, -0.25) is 10.2 Å². The minimum atomic E-state index is -0.962. The Morgan fingerprint density at radius 3 is 1.93 bits per heavy atom. The fraction of sp³-hybridized carbons (Fsp3) is 0.0455. The lowest BCUT2D eigenvalue weighted by atomic mass is 9.69. The number of benzene rings is 3. The Morgan fingerprint density at radius 1 is 0.852 bits per heavy atom. The Morgan fingerprint density at radius 2 is 1.37 bits per heavy atom. The van der Waals surface area contributed by atoms with Crippen LogP contribution >= 0.6 is 12.2 Å². The maximum Gasteiger partial charge on any atom is 0.202 e. The summed E-state index contributed by atoms with van der Waals surface area (Å²) in [6.07, 6.45) is 0. The van der Waals surface area contributed by atoms with Crippen molar-refractivity contribution in [1.82, 2.24) is 5.43 Å². The summed E-state index contributed by atoms with van der Waals surface area (Å²) >= 11 is 4.86. The molecule has 3 N–H and O–H groups in total. The number of hydrazone groups is 1. The van der Waals surface area contributed by atoms with Crippen LogP contribution in [0, 0.1) is 0 Å². The number of rotatable bonds is 3. The molecular formula is C22H17N3OS. The van der Waals surface area contributed by atoms with Crippen molar-refractivity contribution in [2.75, 3.05) is 0 Å². The zero-order chi connectivity index (χ0) is 18.9. The van der Waals surface area contributed by atoms with E-state index in [4.69, 9.17) is 18.0 Å². The summed E-state index contributed by atoms with van der Waals surface area (Å²) in [5.41, 5.74) is 10.9. The maximum atomic E-state index is 13.8. The number of ketones is 1. The van der Waals surface area contributed by atoms with Crippen LogP contribution in [-0.2, 0) is 10.2 Å². The van der Waals surface area contributed by atoms with E-state index < -0.39 is 5.41 Å². The lowest BCUT2D eigenvalue weighted by Gasteiger charge is -2.29. The molecule has 0 atom stereocenters. The first-order chi connectivity index (χ1) is 13.2. The molecule has 0 radical (unpaired) electrons. The number of thiocarbonyl (C=S) groups is 1. The minimum Gasteiger partial charge on any atom is -0.375 e. The van der Waals surface area contributed by atoms with Crippen LogP contribution in [0.5, 0.6) is 0 Å². The molecule has 3 aromatic carbocycles. The smallest absolute Gasteiger partial charge is 0.202 e. The SMILES string of the molecule is NC(=S)N/N=C1/C(=O)C(c2ccccc2)(c2ccccc2)c2ccccc21. The average Bonchev–Trinajstić information content (AvgIpc) is 2.96. The van der Waals surface area contributed by atoms with Crippen LogP contribution in [0.2, 0.25) is 0 Å². The first-order valence-electron chi connectivity index (χ1n) is 8.54. The van der Waals surface area contributed by atoms with Gasteiger partial charge in [0.15, 0.2) is 5.11 Å². The molecular weight excluding hydrogens is 354 g/mol. The van der Waals surface area contributed by atoms with Gasteiger partial charge in [-0.05, 0) is 28.9 Å².